The quantitative estimate of drug-likeness (QED) is 0.216. The van der Waals surface area contributed by atoms with Crippen LogP contribution in [0.4, 0.5) is 0 Å². The van der Waals surface area contributed by atoms with Gasteiger partial charge in [0.2, 0.25) is 0 Å². The zero-order valence-electron chi connectivity index (χ0n) is 20.2. The molecule has 6 nitrogen and oxygen atoms in total. The minimum absolute atomic E-state index is 0.266. The summed E-state index contributed by atoms with van der Waals surface area (Å²) in [5, 5.41) is 2.24. The lowest BCUT2D eigenvalue weighted by atomic mass is 10.0. The van der Waals surface area contributed by atoms with Crippen LogP contribution in [-0.2, 0) is 16.0 Å². The molecular weight excluding hydrogens is 452 g/mol. The van der Waals surface area contributed by atoms with E-state index < -0.39 is 5.97 Å². The van der Waals surface area contributed by atoms with Crippen molar-refractivity contribution in [1.82, 2.24) is 9.97 Å². The Labute approximate surface area is 208 Å². The number of hydrogen-bond donors (Lipinski definition) is 1. The number of aromatic nitrogens is 2. The molecule has 0 aliphatic rings. The lowest BCUT2D eigenvalue weighted by Gasteiger charge is -2.08. The molecule has 0 radical (unpaired) electrons. The molecule has 36 heavy (non-hydrogen) atoms. The van der Waals surface area contributed by atoms with Gasteiger partial charge < -0.3 is 14.5 Å². The second-order valence-corrected chi connectivity index (χ2v) is 8.76. The van der Waals surface area contributed by atoms with E-state index in [9.17, 15) is 9.59 Å². The van der Waals surface area contributed by atoms with Gasteiger partial charge in [-0.2, -0.15) is 0 Å². The Balaban J connectivity index is 1.34. The van der Waals surface area contributed by atoms with E-state index in [0.717, 1.165) is 38.8 Å². The van der Waals surface area contributed by atoms with E-state index in [1.165, 1.54) is 12.7 Å². The normalized spacial score (nSPS) is 11.1. The molecule has 0 saturated carbocycles. The van der Waals surface area contributed by atoms with Crippen molar-refractivity contribution in [2.24, 2.45) is 0 Å². The Morgan fingerprint density at radius 3 is 2.56 bits per heavy atom. The Morgan fingerprint density at radius 1 is 0.944 bits per heavy atom. The average molecular weight is 479 g/mol. The van der Waals surface area contributed by atoms with Gasteiger partial charge in [0, 0.05) is 22.7 Å². The maximum atomic E-state index is 12.5. The van der Waals surface area contributed by atoms with Gasteiger partial charge in [-0.1, -0.05) is 35.9 Å². The molecule has 0 amide bonds. The van der Waals surface area contributed by atoms with Gasteiger partial charge >= 0.3 is 11.9 Å². The molecule has 0 spiro atoms. The number of carbonyl (C=O) groups excluding carboxylic acids is 2. The first kappa shape index (κ1) is 23.3. The number of carbonyl (C=O) groups is 2. The fourth-order valence-corrected chi connectivity index (χ4v) is 4.41. The van der Waals surface area contributed by atoms with Gasteiger partial charge in [0.1, 0.15) is 5.75 Å². The predicted octanol–water partition coefficient (Wildman–Crippen LogP) is 6.41. The third-order valence-electron chi connectivity index (χ3n) is 6.23. The Morgan fingerprint density at radius 2 is 1.75 bits per heavy atom. The van der Waals surface area contributed by atoms with Gasteiger partial charge in [-0.15, -0.1) is 0 Å². The smallest absolute Gasteiger partial charge is 0.337 e. The van der Waals surface area contributed by atoms with E-state index in [2.05, 4.69) is 42.2 Å². The number of aryl methyl sites for hydroxylation is 2. The maximum Gasteiger partial charge on any atom is 0.337 e. The molecule has 3 aromatic carbocycles. The molecule has 5 rings (SSSR count). The van der Waals surface area contributed by atoms with Gasteiger partial charge in [-0.3, -0.25) is 4.79 Å². The molecule has 2 aromatic heterocycles. The van der Waals surface area contributed by atoms with Crippen LogP contribution in [0.25, 0.3) is 33.2 Å². The number of pyridine rings is 1. The second-order valence-electron chi connectivity index (χ2n) is 8.76. The van der Waals surface area contributed by atoms with Crippen molar-refractivity contribution in [3.8, 4) is 17.1 Å². The summed E-state index contributed by atoms with van der Waals surface area (Å²) in [7, 11) is 1.33. The summed E-state index contributed by atoms with van der Waals surface area (Å²) in [6.07, 6.45) is 1.59. The first-order valence-corrected chi connectivity index (χ1v) is 11.9. The Kier molecular flexibility index (Phi) is 6.50. The summed E-state index contributed by atoms with van der Waals surface area (Å²) in [5.41, 5.74) is 6.58. The first-order valence-electron chi connectivity index (χ1n) is 11.9. The molecule has 0 atom stereocenters. The molecule has 0 aliphatic heterocycles. The number of rotatable bonds is 7. The number of fused-ring (bicyclic) bond motifs is 2. The third-order valence-corrected chi connectivity index (χ3v) is 6.23. The van der Waals surface area contributed by atoms with E-state index in [1.807, 2.05) is 24.3 Å². The lowest BCUT2D eigenvalue weighted by Crippen LogP contribution is -2.08. The topological polar surface area (TPSA) is 81.3 Å². The third kappa shape index (κ3) is 4.84. The van der Waals surface area contributed by atoms with Crippen molar-refractivity contribution in [1.29, 1.82) is 0 Å². The van der Waals surface area contributed by atoms with Crippen LogP contribution >= 0.6 is 0 Å². The highest BCUT2D eigenvalue weighted by atomic mass is 16.5. The molecule has 180 valence electrons. The van der Waals surface area contributed by atoms with Crippen LogP contribution in [0.5, 0.6) is 5.75 Å². The minimum Gasteiger partial charge on any atom is -0.465 e. The van der Waals surface area contributed by atoms with Crippen molar-refractivity contribution < 1.29 is 19.1 Å². The van der Waals surface area contributed by atoms with Crippen molar-refractivity contribution in [2.45, 2.75) is 26.2 Å². The summed E-state index contributed by atoms with van der Waals surface area (Å²) in [6, 6.07) is 24.9. The summed E-state index contributed by atoms with van der Waals surface area (Å²) >= 11 is 0. The summed E-state index contributed by atoms with van der Waals surface area (Å²) < 4.78 is 10.2. The van der Waals surface area contributed by atoms with Crippen molar-refractivity contribution in [3.63, 3.8) is 0 Å². The van der Waals surface area contributed by atoms with E-state index in [4.69, 9.17) is 14.5 Å². The standard InChI is InChI=1S/C30H26N2O4/c1-19-10-16-26-24(18-19)23(29(32-26)27-17-13-20-6-3-4-8-25(20)31-27)7-5-9-28(33)36-22-14-11-21(12-15-22)30(34)35-2/h3-4,6,8,10-18,32H,5,7,9H2,1-2H3. The maximum absolute atomic E-state index is 12.5. The van der Waals surface area contributed by atoms with Crippen LogP contribution in [0.2, 0.25) is 0 Å². The van der Waals surface area contributed by atoms with Crippen LogP contribution in [0.3, 0.4) is 0 Å². The van der Waals surface area contributed by atoms with Gasteiger partial charge in [-0.25, -0.2) is 9.78 Å². The fraction of sp³-hybridized carbons (Fsp3) is 0.167. The number of H-pyrrole nitrogens is 1. The number of benzene rings is 3. The number of methoxy groups -OCH3 is 1. The van der Waals surface area contributed by atoms with Gasteiger partial charge in [0.25, 0.3) is 0 Å². The molecule has 0 unspecified atom stereocenters. The van der Waals surface area contributed by atoms with Gasteiger partial charge in [0.15, 0.2) is 0 Å². The second kappa shape index (κ2) is 10.0. The SMILES string of the molecule is COC(=O)c1ccc(OC(=O)CCCc2c(-c3ccc4ccccc4n3)[nH]c3ccc(C)cc23)cc1. The number of esters is 2. The van der Waals surface area contributed by atoms with Crippen LogP contribution in [0.15, 0.2) is 78.9 Å². The highest BCUT2D eigenvalue weighted by molar-refractivity contribution is 5.92. The number of nitrogens with zero attached hydrogens (tertiary/aromatic N) is 1. The molecular formula is C30H26N2O4. The molecule has 0 aliphatic carbocycles. The van der Waals surface area contributed by atoms with Crippen molar-refractivity contribution in [2.75, 3.05) is 7.11 Å². The van der Waals surface area contributed by atoms with Crippen LogP contribution < -0.4 is 4.74 Å². The number of hydrogen-bond acceptors (Lipinski definition) is 5. The Bertz CT molecular complexity index is 1570. The number of para-hydroxylation sites is 1. The zero-order valence-corrected chi connectivity index (χ0v) is 20.2. The number of ether oxygens (including phenoxy) is 2. The van der Waals surface area contributed by atoms with E-state index in [1.54, 1.807) is 24.3 Å². The molecule has 0 bridgehead atoms. The molecule has 0 fully saturated rings. The monoisotopic (exact) mass is 478 g/mol. The summed E-state index contributed by atoms with van der Waals surface area (Å²) in [6.45, 7) is 2.08. The molecule has 0 saturated heterocycles. The van der Waals surface area contributed by atoms with E-state index in [-0.39, 0.29) is 12.4 Å². The molecule has 6 heteroatoms. The lowest BCUT2D eigenvalue weighted by molar-refractivity contribution is -0.134. The molecule has 2 heterocycles. The molecule has 5 aromatic rings. The van der Waals surface area contributed by atoms with Crippen LogP contribution in [-0.4, -0.2) is 29.0 Å². The Hall–Kier alpha value is -4.45. The van der Waals surface area contributed by atoms with Crippen LogP contribution in [0.1, 0.15) is 34.3 Å². The number of aromatic amines is 1. The van der Waals surface area contributed by atoms with Crippen molar-refractivity contribution in [3.05, 3.63) is 95.6 Å². The molecule has 1 N–H and O–H groups in total. The van der Waals surface area contributed by atoms with Crippen molar-refractivity contribution >= 4 is 33.7 Å². The number of nitrogens with one attached hydrogen (secondary N) is 1. The van der Waals surface area contributed by atoms with E-state index >= 15 is 0 Å². The highest BCUT2D eigenvalue weighted by Crippen LogP contribution is 2.32. The van der Waals surface area contributed by atoms with Crippen LogP contribution in [0, 0.1) is 6.92 Å². The first-order chi connectivity index (χ1) is 17.5. The predicted molar refractivity (Wildman–Crippen MR) is 140 cm³/mol. The fourth-order valence-electron chi connectivity index (χ4n) is 4.41. The summed E-state index contributed by atoms with van der Waals surface area (Å²) in [5.74, 6) is -0.350. The van der Waals surface area contributed by atoms with Gasteiger partial charge in [0.05, 0.1) is 29.6 Å². The largest absolute Gasteiger partial charge is 0.465 e. The minimum atomic E-state index is -0.432. The van der Waals surface area contributed by atoms with Gasteiger partial charge in [-0.05, 0) is 73.9 Å². The van der Waals surface area contributed by atoms with E-state index in [0.29, 0.717) is 24.2 Å². The zero-order chi connectivity index (χ0) is 25.1. The highest BCUT2D eigenvalue weighted by Gasteiger charge is 2.16. The average Bonchev–Trinajstić information content (AvgIpc) is 3.26. The summed E-state index contributed by atoms with van der Waals surface area (Å²) in [4.78, 5) is 32.5.